The number of methoxy groups -OCH3 is 1. The number of benzene rings is 1. The van der Waals surface area contributed by atoms with Crippen LogP contribution < -0.4 is 14.8 Å². The van der Waals surface area contributed by atoms with Gasteiger partial charge < -0.3 is 25.0 Å². The maximum absolute atomic E-state index is 8.69. The van der Waals surface area contributed by atoms with Gasteiger partial charge in [-0.05, 0) is 17.7 Å². The van der Waals surface area contributed by atoms with E-state index in [1.807, 2.05) is 18.2 Å². The van der Waals surface area contributed by atoms with E-state index in [4.69, 9.17) is 19.7 Å². The molecule has 0 bridgehead atoms. The molecule has 0 unspecified atom stereocenters. The Balaban J connectivity index is 2.63. The molecule has 5 nitrogen and oxygen atoms in total. The van der Waals surface area contributed by atoms with E-state index < -0.39 is 0 Å². The smallest absolute Gasteiger partial charge is 0.161 e. The van der Waals surface area contributed by atoms with Crippen molar-refractivity contribution in [1.29, 1.82) is 0 Å². The molecule has 0 saturated carbocycles. The Hall–Kier alpha value is -1.30. The summed E-state index contributed by atoms with van der Waals surface area (Å²) in [5.41, 5.74) is 1.05. The van der Waals surface area contributed by atoms with Crippen LogP contribution in [0, 0.1) is 0 Å². The standard InChI is InChI=1S/C12H19NO4/c1-16-12-8-10(9-13-4-5-14)2-3-11(12)17-7-6-15/h2-3,8,13-15H,4-7,9H2,1H3. The van der Waals surface area contributed by atoms with Crippen molar-refractivity contribution in [3.63, 3.8) is 0 Å². The van der Waals surface area contributed by atoms with Gasteiger partial charge in [0.15, 0.2) is 11.5 Å². The fraction of sp³-hybridized carbons (Fsp3) is 0.500. The molecule has 3 N–H and O–H groups in total. The fourth-order valence-corrected chi connectivity index (χ4v) is 1.41. The first-order valence-electron chi connectivity index (χ1n) is 5.54. The van der Waals surface area contributed by atoms with Crippen molar-refractivity contribution in [2.24, 2.45) is 0 Å². The maximum Gasteiger partial charge on any atom is 0.161 e. The Morgan fingerprint density at radius 3 is 2.65 bits per heavy atom. The molecule has 0 aromatic heterocycles. The van der Waals surface area contributed by atoms with Gasteiger partial charge >= 0.3 is 0 Å². The van der Waals surface area contributed by atoms with Crippen LogP contribution in [0.3, 0.4) is 0 Å². The average Bonchev–Trinajstić information content (AvgIpc) is 2.37. The highest BCUT2D eigenvalue weighted by Crippen LogP contribution is 2.27. The summed E-state index contributed by atoms with van der Waals surface area (Å²) < 4.78 is 10.5. The van der Waals surface area contributed by atoms with Crippen molar-refractivity contribution in [2.45, 2.75) is 6.54 Å². The van der Waals surface area contributed by atoms with Crippen LogP contribution in [0.15, 0.2) is 18.2 Å². The Labute approximate surface area is 101 Å². The van der Waals surface area contributed by atoms with Gasteiger partial charge in [-0.25, -0.2) is 0 Å². The van der Waals surface area contributed by atoms with Crippen molar-refractivity contribution < 1.29 is 19.7 Å². The van der Waals surface area contributed by atoms with E-state index in [-0.39, 0.29) is 19.8 Å². The van der Waals surface area contributed by atoms with Gasteiger partial charge in [-0.3, -0.25) is 0 Å². The quantitative estimate of drug-likeness (QED) is 0.565. The van der Waals surface area contributed by atoms with Crippen LogP contribution in [0.2, 0.25) is 0 Å². The van der Waals surface area contributed by atoms with Crippen LogP contribution in [0.4, 0.5) is 0 Å². The summed E-state index contributed by atoms with van der Waals surface area (Å²) in [4.78, 5) is 0. The number of hydrogen-bond donors (Lipinski definition) is 3. The molecule has 0 aliphatic rings. The van der Waals surface area contributed by atoms with Crippen LogP contribution in [-0.4, -0.2) is 43.7 Å². The first-order valence-corrected chi connectivity index (χ1v) is 5.54. The highest BCUT2D eigenvalue weighted by Gasteiger charge is 2.05. The summed E-state index contributed by atoms with van der Waals surface area (Å²) in [6, 6.07) is 5.60. The number of rotatable bonds is 8. The molecule has 0 amide bonds. The van der Waals surface area contributed by atoms with Crippen LogP contribution in [-0.2, 0) is 6.54 Å². The molecule has 1 aromatic rings. The van der Waals surface area contributed by atoms with Gasteiger partial charge in [-0.2, -0.15) is 0 Å². The molecule has 0 spiro atoms. The lowest BCUT2D eigenvalue weighted by Crippen LogP contribution is -2.17. The zero-order valence-corrected chi connectivity index (χ0v) is 9.98. The topological polar surface area (TPSA) is 71.0 Å². The van der Waals surface area contributed by atoms with E-state index in [0.717, 1.165) is 5.56 Å². The van der Waals surface area contributed by atoms with E-state index in [9.17, 15) is 0 Å². The zero-order valence-electron chi connectivity index (χ0n) is 9.98. The van der Waals surface area contributed by atoms with Gasteiger partial charge in [0, 0.05) is 13.1 Å². The van der Waals surface area contributed by atoms with Crippen molar-refractivity contribution in [1.82, 2.24) is 5.32 Å². The fourth-order valence-electron chi connectivity index (χ4n) is 1.41. The van der Waals surface area contributed by atoms with Gasteiger partial charge in [-0.1, -0.05) is 6.07 Å². The Kier molecular flexibility index (Phi) is 6.39. The molecule has 1 aromatic carbocycles. The number of aliphatic hydroxyl groups is 2. The minimum absolute atomic E-state index is 0.0248. The first-order chi connectivity index (χ1) is 8.31. The third-order valence-electron chi connectivity index (χ3n) is 2.19. The van der Waals surface area contributed by atoms with Crippen LogP contribution in [0.25, 0.3) is 0 Å². The summed E-state index contributed by atoms with van der Waals surface area (Å²) in [5, 5.41) is 20.4. The van der Waals surface area contributed by atoms with E-state index in [1.54, 1.807) is 7.11 Å². The molecular weight excluding hydrogens is 222 g/mol. The molecule has 0 atom stereocenters. The van der Waals surface area contributed by atoms with Crippen LogP contribution in [0.1, 0.15) is 5.56 Å². The lowest BCUT2D eigenvalue weighted by Gasteiger charge is -2.11. The average molecular weight is 241 g/mol. The number of nitrogens with one attached hydrogen (secondary N) is 1. The SMILES string of the molecule is COc1cc(CNCCO)ccc1OCCO. The highest BCUT2D eigenvalue weighted by molar-refractivity contribution is 5.42. The predicted molar refractivity (Wildman–Crippen MR) is 64.4 cm³/mol. The normalized spacial score (nSPS) is 10.3. The Morgan fingerprint density at radius 1 is 1.18 bits per heavy atom. The molecule has 0 aliphatic carbocycles. The minimum Gasteiger partial charge on any atom is -0.493 e. The third-order valence-corrected chi connectivity index (χ3v) is 2.19. The third kappa shape index (κ3) is 4.60. The second-order valence-electron chi connectivity index (χ2n) is 3.46. The van der Waals surface area contributed by atoms with Gasteiger partial charge in [0.2, 0.25) is 0 Å². The lowest BCUT2D eigenvalue weighted by molar-refractivity contribution is 0.196. The van der Waals surface area contributed by atoms with Crippen molar-refractivity contribution in [2.75, 3.05) is 33.5 Å². The van der Waals surface area contributed by atoms with Gasteiger partial charge in [0.25, 0.3) is 0 Å². The molecule has 0 aliphatic heterocycles. The zero-order chi connectivity index (χ0) is 12.5. The first kappa shape index (κ1) is 13.8. The molecule has 0 fully saturated rings. The monoisotopic (exact) mass is 241 g/mol. The Morgan fingerprint density at radius 2 is 2.00 bits per heavy atom. The molecule has 0 radical (unpaired) electrons. The second kappa shape index (κ2) is 7.89. The number of aliphatic hydroxyl groups excluding tert-OH is 2. The van der Waals surface area contributed by atoms with E-state index in [0.29, 0.717) is 24.6 Å². The second-order valence-corrected chi connectivity index (χ2v) is 3.46. The summed E-state index contributed by atoms with van der Waals surface area (Å²) in [5.74, 6) is 1.26. The summed E-state index contributed by atoms with van der Waals surface area (Å²) >= 11 is 0. The van der Waals surface area contributed by atoms with Crippen molar-refractivity contribution in [3.8, 4) is 11.5 Å². The minimum atomic E-state index is -0.0248. The molecule has 96 valence electrons. The highest BCUT2D eigenvalue weighted by atomic mass is 16.5. The van der Waals surface area contributed by atoms with Gasteiger partial charge in [0.1, 0.15) is 6.61 Å². The van der Waals surface area contributed by atoms with Gasteiger partial charge in [-0.15, -0.1) is 0 Å². The molecule has 0 saturated heterocycles. The Bertz CT molecular complexity index is 330. The summed E-state index contributed by atoms with van der Waals surface area (Å²) in [7, 11) is 1.58. The van der Waals surface area contributed by atoms with Gasteiger partial charge in [0.05, 0.1) is 20.3 Å². The molecular formula is C12H19NO4. The largest absolute Gasteiger partial charge is 0.493 e. The van der Waals surface area contributed by atoms with E-state index in [1.165, 1.54) is 0 Å². The van der Waals surface area contributed by atoms with Crippen LogP contribution >= 0.6 is 0 Å². The molecule has 17 heavy (non-hydrogen) atoms. The van der Waals surface area contributed by atoms with Crippen molar-refractivity contribution in [3.05, 3.63) is 23.8 Å². The van der Waals surface area contributed by atoms with Crippen LogP contribution in [0.5, 0.6) is 11.5 Å². The summed E-state index contributed by atoms with van der Waals surface area (Å²) in [6.07, 6.45) is 0. The van der Waals surface area contributed by atoms with E-state index >= 15 is 0 Å². The van der Waals surface area contributed by atoms with Crippen molar-refractivity contribution >= 4 is 0 Å². The molecule has 0 heterocycles. The molecule has 1 rings (SSSR count). The number of hydrogen-bond acceptors (Lipinski definition) is 5. The summed E-state index contributed by atoms with van der Waals surface area (Å²) in [6.45, 7) is 1.57. The number of ether oxygens (including phenoxy) is 2. The lowest BCUT2D eigenvalue weighted by atomic mass is 10.2. The maximum atomic E-state index is 8.69. The van der Waals surface area contributed by atoms with E-state index in [2.05, 4.69) is 5.32 Å². The molecule has 5 heteroatoms. The predicted octanol–water partition coefficient (Wildman–Crippen LogP) is 0.148.